The Kier molecular flexibility index (Phi) is 4.95. The third-order valence-corrected chi connectivity index (χ3v) is 3.04. The first-order valence-electron chi connectivity index (χ1n) is 6.40. The highest BCUT2D eigenvalue weighted by Crippen LogP contribution is 2.31. The number of nitro benzene ring substituents is 1. The van der Waals surface area contributed by atoms with Gasteiger partial charge in [0, 0.05) is 17.7 Å². The zero-order valence-corrected chi connectivity index (χ0v) is 12.4. The molecule has 114 valence electrons. The lowest BCUT2D eigenvalue weighted by atomic mass is 10.1. The predicted molar refractivity (Wildman–Crippen MR) is 81.5 cm³/mol. The summed E-state index contributed by atoms with van der Waals surface area (Å²) in [5, 5.41) is 10.9. The van der Waals surface area contributed by atoms with Gasteiger partial charge in [0.25, 0.3) is 5.69 Å². The van der Waals surface area contributed by atoms with Gasteiger partial charge in [-0.05, 0) is 37.3 Å². The lowest BCUT2D eigenvalue weighted by Crippen LogP contribution is -1.98. The third-order valence-electron chi connectivity index (χ3n) is 2.72. The molecular weight excluding hydrogens is 310 g/mol. The van der Waals surface area contributed by atoms with Crippen molar-refractivity contribution in [2.45, 2.75) is 6.92 Å². The molecule has 0 saturated heterocycles. The largest absolute Gasteiger partial charge is 0.463 e. The molecule has 22 heavy (non-hydrogen) atoms. The van der Waals surface area contributed by atoms with Crippen LogP contribution in [-0.2, 0) is 9.53 Å². The van der Waals surface area contributed by atoms with E-state index in [2.05, 4.69) is 0 Å². The van der Waals surface area contributed by atoms with E-state index in [1.165, 1.54) is 24.3 Å². The fraction of sp³-hybridized carbons (Fsp3) is 0.133. The zero-order chi connectivity index (χ0) is 16.1. The number of benzene rings is 1. The van der Waals surface area contributed by atoms with E-state index in [9.17, 15) is 14.9 Å². The summed E-state index contributed by atoms with van der Waals surface area (Å²) < 4.78 is 10.3. The first-order valence-corrected chi connectivity index (χ1v) is 6.78. The fourth-order valence-corrected chi connectivity index (χ4v) is 1.93. The Morgan fingerprint density at radius 3 is 2.86 bits per heavy atom. The molecule has 1 aromatic carbocycles. The first kappa shape index (κ1) is 15.8. The van der Waals surface area contributed by atoms with E-state index in [-0.39, 0.29) is 10.7 Å². The Hall–Kier alpha value is -2.60. The average Bonchev–Trinajstić information content (AvgIpc) is 2.94. The number of carbonyl (C=O) groups is 1. The van der Waals surface area contributed by atoms with Gasteiger partial charge in [-0.3, -0.25) is 10.1 Å². The van der Waals surface area contributed by atoms with Crippen molar-refractivity contribution in [1.82, 2.24) is 0 Å². The average molecular weight is 322 g/mol. The number of rotatable bonds is 5. The van der Waals surface area contributed by atoms with Crippen molar-refractivity contribution in [1.29, 1.82) is 0 Å². The molecule has 7 heteroatoms. The summed E-state index contributed by atoms with van der Waals surface area (Å²) in [7, 11) is 0. The minimum Gasteiger partial charge on any atom is -0.463 e. The fourth-order valence-electron chi connectivity index (χ4n) is 1.74. The van der Waals surface area contributed by atoms with E-state index in [1.54, 1.807) is 25.1 Å². The summed E-state index contributed by atoms with van der Waals surface area (Å²) in [6.07, 6.45) is 2.71. The molecule has 0 aliphatic heterocycles. The summed E-state index contributed by atoms with van der Waals surface area (Å²) in [5.41, 5.74) is 0.325. The second kappa shape index (κ2) is 6.91. The number of esters is 1. The third kappa shape index (κ3) is 3.73. The highest BCUT2D eigenvalue weighted by atomic mass is 35.5. The highest BCUT2D eigenvalue weighted by molar-refractivity contribution is 6.32. The van der Waals surface area contributed by atoms with Gasteiger partial charge in [0.05, 0.1) is 11.5 Å². The quantitative estimate of drug-likeness (QED) is 0.358. The van der Waals surface area contributed by atoms with Crippen LogP contribution in [0.25, 0.3) is 17.4 Å². The number of halogens is 1. The molecular formula is C15H12ClNO5. The van der Waals surface area contributed by atoms with Gasteiger partial charge in [0.15, 0.2) is 0 Å². The molecule has 0 spiro atoms. The molecule has 0 amide bonds. The van der Waals surface area contributed by atoms with Gasteiger partial charge >= 0.3 is 5.97 Å². The standard InChI is InChI=1S/C15H12ClNO5/c1-2-21-15(18)8-5-11-4-7-14(22-11)10-3-6-12(16)13(9-10)17(19)20/h3-9H,2H2,1H3/b8-5+. The van der Waals surface area contributed by atoms with Crippen molar-refractivity contribution in [3.05, 3.63) is 57.3 Å². The Labute approximate surface area is 131 Å². The van der Waals surface area contributed by atoms with Crippen LogP contribution in [0.1, 0.15) is 12.7 Å². The number of hydrogen-bond acceptors (Lipinski definition) is 5. The molecule has 0 aliphatic carbocycles. The first-order chi connectivity index (χ1) is 10.5. The van der Waals surface area contributed by atoms with Crippen LogP contribution in [0.5, 0.6) is 0 Å². The number of carbonyl (C=O) groups excluding carboxylic acids is 1. The Morgan fingerprint density at radius 2 is 2.18 bits per heavy atom. The minimum atomic E-state index is -0.559. The van der Waals surface area contributed by atoms with Gasteiger partial charge in [0.2, 0.25) is 0 Å². The number of furan rings is 1. The van der Waals surface area contributed by atoms with Crippen LogP contribution in [0, 0.1) is 10.1 Å². The van der Waals surface area contributed by atoms with Gasteiger partial charge in [-0.2, -0.15) is 0 Å². The maximum Gasteiger partial charge on any atom is 0.330 e. The van der Waals surface area contributed by atoms with Crippen molar-refractivity contribution in [3.63, 3.8) is 0 Å². The summed E-state index contributed by atoms with van der Waals surface area (Å²) in [5.74, 6) is 0.395. The molecule has 0 N–H and O–H groups in total. The lowest BCUT2D eigenvalue weighted by Gasteiger charge is -1.99. The molecule has 0 radical (unpaired) electrons. The molecule has 1 heterocycles. The number of ether oxygens (including phenoxy) is 1. The van der Waals surface area contributed by atoms with Crippen molar-refractivity contribution in [3.8, 4) is 11.3 Å². The van der Waals surface area contributed by atoms with Crippen LogP contribution in [-0.4, -0.2) is 17.5 Å². The summed E-state index contributed by atoms with van der Waals surface area (Å²) in [4.78, 5) is 21.5. The van der Waals surface area contributed by atoms with Crippen molar-refractivity contribution in [2.75, 3.05) is 6.61 Å². The van der Waals surface area contributed by atoms with E-state index in [0.29, 0.717) is 23.7 Å². The van der Waals surface area contributed by atoms with Crippen molar-refractivity contribution >= 4 is 29.3 Å². The molecule has 0 aliphatic rings. The normalized spacial score (nSPS) is 10.8. The van der Waals surface area contributed by atoms with Gasteiger partial charge in [-0.25, -0.2) is 4.79 Å². The van der Waals surface area contributed by atoms with Gasteiger partial charge < -0.3 is 9.15 Å². The van der Waals surface area contributed by atoms with Crippen molar-refractivity contribution < 1.29 is 18.9 Å². The lowest BCUT2D eigenvalue weighted by molar-refractivity contribution is -0.384. The van der Waals surface area contributed by atoms with Crippen LogP contribution < -0.4 is 0 Å². The number of nitrogens with zero attached hydrogens (tertiary/aromatic N) is 1. The summed E-state index contributed by atoms with van der Waals surface area (Å²) >= 11 is 5.76. The topological polar surface area (TPSA) is 82.6 Å². The molecule has 2 aromatic rings. The SMILES string of the molecule is CCOC(=O)/C=C/c1ccc(-c2ccc(Cl)c([N+](=O)[O-])c2)o1. The maximum absolute atomic E-state index is 11.2. The number of nitro groups is 1. The number of hydrogen-bond donors (Lipinski definition) is 0. The van der Waals surface area contributed by atoms with Gasteiger partial charge in [0.1, 0.15) is 16.5 Å². The molecule has 1 aromatic heterocycles. The van der Waals surface area contributed by atoms with Crippen LogP contribution in [0.2, 0.25) is 5.02 Å². The Bertz CT molecular complexity index is 735. The molecule has 2 rings (SSSR count). The Morgan fingerprint density at radius 1 is 1.41 bits per heavy atom. The van der Waals surface area contributed by atoms with E-state index >= 15 is 0 Å². The smallest absolute Gasteiger partial charge is 0.330 e. The summed E-state index contributed by atoms with van der Waals surface area (Å²) in [6.45, 7) is 2.01. The van der Waals surface area contributed by atoms with E-state index < -0.39 is 10.9 Å². The minimum absolute atomic E-state index is 0.0581. The van der Waals surface area contributed by atoms with Crippen molar-refractivity contribution in [2.24, 2.45) is 0 Å². The molecule has 0 unspecified atom stereocenters. The molecule has 0 fully saturated rings. The van der Waals surface area contributed by atoms with Gasteiger partial charge in [-0.1, -0.05) is 11.6 Å². The van der Waals surface area contributed by atoms with E-state index in [1.807, 2.05) is 0 Å². The molecule has 0 saturated carbocycles. The molecule has 0 atom stereocenters. The second-order valence-corrected chi connectivity index (χ2v) is 4.62. The van der Waals surface area contributed by atoms with Crippen LogP contribution >= 0.6 is 11.6 Å². The monoisotopic (exact) mass is 321 g/mol. The zero-order valence-electron chi connectivity index (χ0n) is 11.6. The maximum atomic E-state index is 11.2. The van der Waals surface area contributed by atoms with Crippen LogP contribution in [0.4, 0.5) is 5.69 Å². The Balaban J connectivity index is 2.23. The molecule has 6 nitrogen and oxygen atoms in total. The van der Waals surface area contributed by atoms with E-state index in [4.69, 9.17) is 20.8 Å². The van der Waals surface area contributed by atoms with E-state index in [0.717, 1.165) is 0 Å². The predicted octanol–water partition coefficient (Wildman–Crippen LogP) is 4.08. The highest BCUT2D eigenvalue weighted by Gasteiger charge is 2.15. The molecule has 0 bridgehead atoms. The second-order valence-electron chi connectivity index (χ2n) is 4.21. The van der Waals surface area contributed by atoms with Gasteiger partial charge in [-0.15, -0.1) is 0 Å². The summed E-state index contributed by atoms with van der Waals surface area (Å²) in [6, 6.07) is 7.68. The van der Waals surface area contributed by atoms with Crippen LogP contribution in [0.3, 0.4) is 0 Å². The van der Waals surface area contributed by atoms with Crippen LogP contribution in [0.15, 0.2) is 40.8 Å².